The molecule has 0 unspecified atom stereocenters. The molecule has 3 nitrogen and oxygen atoms in total. The molecule has 2 N–H and O–H groups in total. The van der Waals surface area contributed by atoms with Crippen LogP contribution >= 0.6 is 0 Å². The van der Waals surface area contributed by atoms with E-state index in [1.54, 1.807) is 0 Å². The zero-order valence-electron chi connectivity index (χ0n) is 10.8. The summed E-state index contributed by atoms with van der Waals surface area (Å²) in [6, 6.07) is 0. The second-order valence-electron chi connectivity index (χ2n) is 4.77. The molecule has 0 radical (unpaired) electrons. The van der Waals surface area contributed by atoms with Crippen molar-refractivity contribution in [2.75, 3.05) is 13.2 Å². The van der Waals surface area contributed by atoms with E-state index < -0.39 is 0 Å². The van der Waals surface area contributed by atoms with Crippen LogP contribution in [0.1, 0.15) is 58.8 Å². The summed E-state index contributed by atoms with van der Waals surface area (Å²) >= 11 is 0. The summed E-state index contributed by atoms with van der Waals surface area (Å²) in [5.74, 6) is 0.870. The van der Waals surface area contributed by atoms with Gasteiger partial charge in [-0.05, 0) is 18.8 Å². The number of hydrogen-bond donors (Lipinski definition) is 2. The summed E-state index contributed by atoms with van der Waals surface area (Å²) in [4.78, 5) is 11.2. The highest BCUT2D eigenvalue weighted by Crippen LogP contribution is 2.08. The average Bonchev–Trinajstić information content (AvgIpc) is 2.24. The predicted molar refractivity (Wildman–Crippen MR) is 67.3 cm³/mol. The molecule has 0 rings (SSSR count). The third kappa shape index (κ3) is 11.5. The molecular weight excluding hydrogens is 202 g/mol. The Morgan fingerprint density at radius 1 is 1.12 bits per heavy atom. The van der Waals surface area contributed by atoms with Crippen LogP contribution in [-0.4, -0.2) is 24.2 Å². The maximum atomic E-state index is 11.2. The molecule has 0 heterocycles. The second kappa shape index (κ2) is 10.9. The molecule has 0 atom stereocenters. The molecule has 0 fully saturated rings. The van der Waals surface area contributed by atoms with E-state index in [0.29, 0.717) is 12.8 Å². The van der Waals surface area contributed by atoms with Gasteiger partial charge in [0.05, 0.1) is 0 Å². The predicted octanol–water partition coefficient (Wildman–Crippen LogP) is 2.48. The Bertz CT molecular complexity index is 169. The summed E-state index contributed by atoms with van der Waals surface area (Å²) in [5.41, 5.74) is 0. The minimum absolute atomic E-state index is 0.0660. The lowest BCUT2D eigenvalue weighted by molar-refractivity contribution is -0.121. The molecule has 0 aliphatic carbocycles. The molecule has 3 heteroatoms. The first-order valence-electron chi connectivity index (χ1n) is 6.54. The van der Waals surface area contributed by atoms with Crippen LogP contribution in [0.25, 0.3) is 0 Å². The lowest BCUT2D eigenvalue weighted by Gasteiger charge is -2.05. The first kappa shape index (κ1) is 15.4. The van der Waals surface area contributed by atoms with Crippen LogP contribution in [0, 0.1) is 5.92 Å². The van der Waals surface area contributed by atoms with Crippen molar-refractivity contribution in [1.29, 1.82) is 0 Å². The van der Waals surface area contributed by atoms with E-state index in [2.05, 4.69) is 19.2 Å². The molecule has 0 saturated heterocycles. The van der Waals surface area contributed by atoms with Crippen molar-refractivity contribution in [2.24, 2.45) is 5.92 Å². The Morgan fingerprint density at radius 3 is 2.44 bits per heavy atom. The first-order valence-corrected chi connectivity index (χ1v) is 6.54. The number of hydrogen-bond acceptors (Lipinski definition) is 2. The largest absolute Gasteiger partial charge is 0.396 e. The van der Waals surface area contributed by atoms with Crippen molar-refractivity contribution in [1.82, 2.24) is 5.32 Å². The number of rotatable bonds is 10. The van der Waals surface area contributed by atoms with E-state index in [0.717, 1.165) is 18.9 Å². The molecule has 16 heavy (non-hydrogen) atoms. The molecule has 0 bridgehead atoms. The molecule has 0 aromatic rings. The maximum Gasteiger partial charge on any atom is 0.220 e. The smallest absolute Gasteiger partial charge is 0.220 e. The van der Waals surface area contributed by atoms with E-state index in [4.69, 9.17) is 5.11 Å². The zero-order chi connectivity index (χ0) is 12.2. The highest BCUT2D eigenvalue weighted by Gasteiger charge is 1.99. The monoisotopic (exact) mass is 229 g/mol. The van der Waals surface area contributed by atoms with Gasteiger partial charge in [-0.25, -0.2) is 0 Å². The molecule has 0 saturated carbocycles. The molecule has 0 aliphatic rings. The van der Waals surface area contributed by atoms with Crippen LogP contribution in [-0.2, 0) is 4.79 Å². The zero-order valence-corrected chi connectivity index (χ0v) is 10.8. The average molecular weight is 229 g/mol. The van der Waals surface area contributed by atoms with Crippen LogP contribution in [0.4, 0.5) is 0 Å². The van der Waals surface area contributed by atoms with Crippen LogP contribution in [0.5, 0.6) is 0 Å². The normalized spacial score (nSPS) is 10.8. The molecule has 1 amide bonds. The topological polar surface area (TPSA) is 49.3 Å². The van der Waals surface area contributed by atoms with Crippen LogP contribution < -0.4 is 5.32 Å². The van der Waals surface area contributed by atoms with Gasteiger partial charge < -0.3 is 10.4 Å². The van der Waals surface area contributed by atoms with Crippen molar-refractivity contribution in [3.63, 3.8) is 0 Å². The Balaban J connectivity index is 3.11. The Kier molecular flexibility index (Phi) is 10.5. The molecule has 0 aromatic heterocycles. The highest BCUT2D eigenvalue weighted by atomic mass is 16.3. The third-order valence-corrected chi connectivity index (χ3v) is 2.59. The first-order chi connectivity index (χ1) is 7.66. The third-order valence-electron chi connectivity index (χ3n) is 2.59. The summed E-state index contributed by atoms with van der Waals surface area (Å²) in [7, 11) is 0. The van der Waals surface area contributed by atoms with E-state index in [1.807, 2.05) is 0 Å². The van der Waals surface area contributed by atoms with Gasteiger partial charge in [0, 0.05) is 19.6 Å². The molecule has 96 valence electrons. The van der Waals surface area contributed by atoms with E-state index in [-0.39, 0.29) is 12.5 Å². The molecule has 0 aromatic carbocycles. The van der Waals surface area contributed by atoms with Gasteiger partial charge in [-0.1, -0.05) is 39.5 Å². The molecular formula is C13H27NO2. The fourth-order valence-corrected chi connectivity index (χ4v) is 1.59. The standard InChI is InChI=1S/C13H27NO2/c1-12(2)8-5-3-4-6-10-14-13(16)9-7-11-15/h12,15H,3-11H2,1-2H3,(H,14,16). The number of aliphatic hydroxyl groups is 1. The molecule has 0 aliphatic heterocycles. The highest BCUT2D eigenvalue weighted by molar-refractivity contribution is 5.75. The maximum absolute atomic E-state index is 11.2. The van der Waals surface area contributed by atoms with Gasteiger partial charge in [0.2, 0.25) is 5.91 Å². The van der Waals surface area contributed by atoms with Gasteiger partial charge in [0.1, 0.15) is 0 Å². The van der Waals surface area contributed by atoms with Gasteiger partial charge in [-0.3, -0.25) is 4.79 Å². The van der Waals surface area contributed by atoms with E-state index in [1.165, 1.54) is 25.7 Å². The van der Waals surface area contributed by atoms with Crippen molar-refractivity contribution >= 4 is 5.91 Å². The summed E-state index contributed by atoms with van der Waals surface area (Å²) in [6.45, 7) is 5.39. The van der Waals surface area contributed by atoms with Crippen molar-refractivity contribution in [3.05, 3.63) is 0 Å². The van der Waals surface area contributed by atoms with E-state index in [9.17, 15) is 4.79 Å². The van der Waals surface area contributed by atoms with Gasteiger partial charge >= 0.3 is 0 Å². The number of nitrogens with one attached hydrogen (secondary N) is 1. The number of amides is 1. The Hall–Kier alpha value is -0.570. The molecule has 0 spiro atoms. The number of aliphatic hydroxyl groups excluding tert-OH is 1. The lowest BCUT2D eigenvalue weighted by Crippen LogP contribution is -2.24. The van der Waals surface area contributed by atoms with Gasteiger partial charge in [0.15, 0.2) is 0 Å². The van der Waals surface area contributed by atoms with Gasteiger partial charge in [0.25, 0.3) is 0 Å². The Labute approximate surface area is 99.6 Å². The lowest BCUT2D eigenvalue weighted by atomic mass is 10.0. The van der Waals surface area contributed by atoms with Crippen LogP contribution in [0.2, 0.25) is 0 Å². The summed E-state index contributed by atoms with van der Waals surface area (Å²) in [6.07, 6.45) is 7.17. The fourth-order valence-electron chi connectivity index (χ4n) is 1.59. The second-order valence-corrected chi connectivity index (χ2v) is 4.77. The van der Waals surface area contributed by atoms with Crippen LogP contribution in [0.3, 0.4) is 0 Å². The SMILES string of the molecule is CC(C)CCCCCCNC(=O)CCCO. The minimum atomic E-state index is 0.0660. The van der Waals surface area contributed by atoms with Crippen molar-refractivity contribution < 1.29 is 9.90 Å². The van der Waals surface area contributed by atoms with Gasteiger partial charge in [-0.15, -0.1) is 0 Å². The minimum Gasteiger partial charge on any atom is -0.396 e. The van der Waals surface area contributed by atoms with Crippen molar-refractivity contribution in [3.8, 4) is 0 Å². The number of carbonyl (C=O) groups excluding carboxylic acids is 1. The van der Waals surface area contributed by atoms with Crippen LogP contribution in [0.15, 0.2) is 0 Å². The number of carbonyl (C=O) groups is 1. The Morgan fingerprint density at radius 2 is 1.81 bits per heavy atom. The quantitative estimate of drug-likeness (QED) is 0.565. The van der Waals surface area contributed by atoms with E-state index >= 15 is 0 Å². The van der Waals surface area contributed by atoms with Crippen molar-refractivity contribution in [2.45, 2.75) is 58.8 Å². The van der Waals surface area contributed by atoms with Gasteiger partial charge in [-0.2, -0.15) is 0 Å². The fraction of sp³-hybridized carbons (Fsp3) is 0.923. The summed E-state index contributed by atoms with van der Waals surface area (Å²) in [5, 5.41) is 11.4. The summed E-state index contributed by atoms with van der Waals surface area (Å²) < 4.78 is 0. The number of unbranched alkanes of at least 4 members (excludes halogenated alkanes) is 3.